The van der Waals surface area contributed by atoms with Crippen LogP contribution in [0, 0.1) is 0 Å². The molecule has 0 rings (SSSR count). The lowest BCUT2D eigenvalue weighted by atomic mass is 10.1. The topological polar surface area (TPSA) is 26.0 Å². The third-order valence-electron chi connectivity index (χ3n) is 1.29. The summed E-state index contributed by atoms with van der Waals surface area (Å²) in [6.45, 7) is 7.59. The van der Waals surface area contributed by atoms with Gasteiger partial charge in [0.15, 0.2) is 0 Å². The van der Waals surface area contributed by atoms with Crippen LogP contribution in [0.2, 0.25) is 0 Å². The lowest BCUT2D eigenvalue weighted by Crippen LogP contribution is -1.86. The van der Waals surface area contributed by atoms with E-state index in [1.54, 1.807) is 12.3 Å². The molecule has 0 aliphatic heterocycles. The summed E-state index contributed by atoms with van der Waals surface area (Å²) in [7, 11) is 0. The first-order valence-corrected chi connectivity index (χ1v) is 2.93. The average molecular weight is 123 g/mol. The Hall–Kier alpha value is -0.980. The molecule has 9 heavy (non-hydrogen) atoms. The SMILES string of the molecule is C=CC(=C/N)/C(C)=C/C. The fraction of sp³-hybridized carbons (Fsp3) is 0.250. The summed E-state index contributed by atoms with van der Waals surface area (Å²) in [6.07, 6.45) is 5.30. The highest BCUT2D eigenvalue weighted by Crippen LogP contribution is 2.06. The Kier molecular flexibility index (Phi) is 3.52. The smallest absolute Gasteiger partial charge is 0.00138 e. The van der Waals surface area contributed by atoms with Crippen molar-refractivity contribution in [1.82, 2.24) is 0 Å². The number of rotatable bonds is 2. The van der Waals surface area contributed by atoms with E-state index in [0.29, 0.717) is 0 Å². The Balaban J connectivity index is 4.32. The van der Waals surface area contributed by atoms with E-state index in [-0.39, 0.29) is 0 Å². The molecule has 0 amide bonds. The van der Waals surface area contributed by atoms with Crippen molar-refractivity contribution >= 4 is 0 Å². The van der Waals surface area contributed by atoms with Crippen LogP contribution in [0.5, 0.6) is 0 Å². The Bertz CT molecular complexity index is 152. The van der Waals surface area contributed by atoms with Gasteiger partial charge in [-0.05, 0) is 25.0 Å². The first kappa shape index (κ1) is 8.02. The van der Waals surface area contributed by atoms with Gasteiger partial charge >= 0.3 is 0 Å². The van der Waals surface area contributed by atoms with E-state index in [9.17, 15) is 0 Å². The van der Waals surface area contributed by atoms with Gasteiger partial charge in [0.1, 0.15) is 0 Å². The van der Waals surface area contributed by atoms with E-state index in [4.69, 9.17) is 5.73 Å². The summed E-state index contributed by atoms with van der Waals surface area (Å²) in [5, 5.41) is 0. The molecule has 0 heterocycles. The Morgan fingerprint density at radius 2 is 2.11 bits per heavy atom. The molecule has 2 N–H and O–H groups in total. The molecule has 50 valence electrons. The van der Waals surface area contributed by atoms with E-state index in [2.05, 4.69) is 6.58 Å². The van der Waals surface area contributed by atoms with Crippen molar-refractivity contribution < 1.29 is 0 Å². The van der Waals surface area contributed by atoms with Crippen LogP contribution in [0.25, 0.3) is 0 Å². The fourth-order valence-electron chi connectivity index (χ4n) is 0.527. The summed E-state index contributed by atoms with van der Waals surface area (Å²) in [6, 6.07) is 0. The van der Waals surface area contributed by atoms with Gasteiger partial charge in [0.2, 0.25) is 0 Å². The van der Waals surface area contributed by atoms with Crippen LogP contribution >= 0.6 is 0 Å². The van der Waals surface area contributed by atoms with Crippen LogP contribution in [-0.4, -0.2) is 0 Å². The van der Waals surface area contributed by atoms with Crippen molar-refractivity contribution in [2.45, 2.75) is 13.8 Å². The molecule has 0 saturated heterocycles. The van der Waals surface area contributed by atoms with Crippen molar-refractivity contribution in [3.8, 4) is 0 Å². The second-order valence-corrected chi connectivity index (χ2v) is 1.80. The largest absolute Gasteiger partial charge is 0.404 e. The minimum absolute atomic E-state index is 0.998. The first-order valence-electron chi connectivity index (χ1n) is 2.93. The fourth-order valence-corrected chi connectivity index (χ4v) is 0.527. The zero-order valence-electron chi connectivity index (χ0n) is 6.02. The van der Waals surface area contributed by atoms with E-state index in [1.165, 1.54) is 0 Å². The second-order valence-electron chi connectivity index (χ2n) is 1.80. The highest BCUT2D eigenvalue weighted by atomic mass is 14.5. The maximum absolute atomic E-state index is 5.29. The lowest BCUT2D eigenvalue weighted by molar-refractivity contribution is 1.37. The molecule has 0 unspecified atom stereocenters. The van der Waals surface area contributed by atoms with Gasteiger partial charge in [-0.25, -0.2) is 0 Å². The molecule has 0 fully saturated rings. The summed E-state index contributed by atoms with van der Waals surface area (Å²) < 4.78 is 0. The molecule has 0 saturated carbocycles. The molecule has 1 heteroatoms. The number of allylic oxidation sites excluding steroid dienone is 4. The normalized spacial score (nSPS) is 13.6. The van der Waals surface area contributed by atoms with Crippen molar-refractivity contribution in [2.24, 2.45) is 5.73 Å². The van der Waals surface area contributed by atoms with Gasteiger partial charge in [-0.15, -0.1) is 0 Å². The summed E-state index contributed by atoms with van der Waals surface area (Å²) >= 11 is 0. The van der Waals surface area contributed by atoms with Gasteiger partial charge in [-0.1, -0.05) is 18.7 Å². The van der Waals surface area contributed by atoms with Crippen molar-refractivity contribution in [1.29, 1.82) is 0 Å². The van der Waals surface area contributed by atoms with E-state index >= 15 is 0 Å². The zero-order valence-corrected chi connectivity index (χ0v) is 6.02. The van der Waals surface area contributed by atoms with Crippen molar-refractivity contribution in [3.63, 3.8) is 0 Å². The Morgan fingerprint density at radius 1 is 1.56 bits per heavy atom. The molecule has 0 aliphatic rings. The van der Waals surface area contributed by atoms with Crippen LogP contribution in [0.3, 0.4) is 0 Å². The Labute approximate surface area is 56.6 Å². The third kappa shape index (κ3) is 2.17. The Morgan fingerprint density at radius 3 is 2.22 bits per heavy atom. The summed E-state index contributed by atoms with van der Waals surface area (Å²) in [5.74, 6) is 0. The van der Waals surface area contributed by atoms with Gasteiger partial charge in [0, 0.05) is 6.20 Å². The number of hydrogen-bond donors (Lipinski definition) is 1. The molecule has 0 spiro atoms. The van der Waals surface area contributed by atoms with Crippen molar-refractivity contribution in [3.05, 3.63) is 36.1 Å². The van der Waals surface area contributed by atoms with Crippen molar-refractivity contribution in [2.75, 3.05) is 0 Å². The van der Waals surface area contributed by atoms with Crippen LogP contribution < -0.4 is 5.73 Å². The standard InChI is InChI=1S/C8H13N/c1-4-7(3)8(5-2)6-9/h4-6H,2,9H2,1,3H3/b7-4+,8-6-. The molecule has 0 aromatic rings. The zero-order chi connectivity index (χ0) is 7.28. The monoisotopic (exact) mass is 123 g/mol. The van der Waals surface area contributed by atoms with Crippen LogP contribution in [0.1, 0.15) is 13.8 Å². The van der Waals surface area contributed by atoms with Gasteiger partial charge in [-0.2, -0.15) is 0 Å². The maximum Gasteiger partial charge on any atom is 0.00138 e. The molecule has 0 aromatic heterocycles. The predicted molar refractivity (Wildman–Crippen MR) is 41.9 cm³/mol. The molecule has 0 radical (unpaired) electrons. The van der Waals surface area contributed by atoms with Crippen LogP contribution in [0.15, 0.2) is 36.1 Å². The minimum Gasteiger partial charge on any atom is -0.404 e. The van der Waals surface area contributed by atoms with Crippen LogP contribution in [-0.2, 0) is 0 Å². The predicted octanol–water partition coefficient (Wildman–Crippen LogP) is 1.98. The molecule has 0 atom stereocenters. The summed E-state index contributed by atoms with van der Waals surface area (Å²) in [4.78, 5) is 0. The third-order valence-corrected chi connectivity index (χ3v) is 1.29. The number of nitrogens with two attached hydrogens (primary N) is 1. The molecule has 0 aromatic carbocycles. The van der Waals surface area contributed by atoms with Gasteiger partial charge < -0.3 is 5.73 Å². The van der Waals surface area contributed by atoms with E-state index < -0.39 is 0 Å². The quantitative estimate of drug-likeness (QED) is 0.558. The van der Waals surface area contributed by atoms with E-state index in [0.717, 1.165) is 11.1 Å². The molecule has 0 aliphatic carbocycles. The molecular formula is C8H13N. The van der Waals surface area contributed by atoms with Gasteiger partial charge in [-0.3, -0.25) is 0 Å². The minimum atomic E-state index is 0.998. The lowest BCUT2D eigenvalue weighted by Gasteiger charge is -1.96. The summed E-state index contributed by atoms with van der Waals surface area (Å²) in [5.41, 5.74) is 7.44. The van der Waals surface area contributed by atoms with Gasteiger partial charge in [0.25, 0.3) is 0 Å². The molecule has 1 nitrogen and oxygen atoms in total. The first-order chi connectivity index (χ1) is 4.26. The van der Waals surface area contributed by atoms with Crippen LogP contribution in [0.4, 0.5) is 0 Å². The van der Waals surface area contributed by atoms with Gasteiger partial charge in [0.05, 0.1) is 0 Å². The second kappa shape index (κ2) is 3.96. The molecule has 0 bridgehead atoms. The highest BCUT2D eigenvalue weighted by Gasteiger charge is 1.88. The number of hydrogen-bond acceptors (Lipinski definition) is 1. The van der Waals surface area contributed by atoms with E-state index in [1.807, 2.05) is 19.9 Å². The highest BCUT2D eigenvalue weighted by molar-refractivity contribution is 5.35. The average Bonchev–Trinajstić information content (AvgIpc) is 1.90. The molecular weight excluding hydrogens is 110 g/mol. The maximum atomic E-state index is 5.29.